The van der Waals surface area contributed by atoms with Gasteiger partial charge in [0.05, 0.1) is 6.61 Å². The second kappa shape index (κ2) is 14.4. The highest BCUT2D eigenvalue weighted by molar-refractivity contribution is 5.95. The number of primary amides is 2. The summed E-state index contributed by atoms with van der Waals surface area (Å²) in [5.41, 5.74) is 17.2. The maximum Gasteiger partial charge on any atom is 0.326 e. The molecule has 0 spiro atoms. The lowest BCUT2D eigenvalue weighted by atomic mass is 10.0. The normalized spacial score (nSPS) is 14.0. The first-order valence-corrected chi connectivity index (χ1v) is 12.0. The Morgan fingerprint density at radius 2 is 1.33 bits per heavy atom. The number of aliphatic hydroxyl groups excluding tert-OH is 1. The van der Waals surface area contributed by atoms with Gasteiger partial charge in [0, 0.05) is 36.4 Å². The fraction of sp³-hybridized carbons (Fsp3) is 0.417. The first-order chi connectivity index (χ1) is 18.4. The molecule has 4 atom stereocenters. The summed E-state index contributed by atoms with van der Waals surface area (Å²) in [4.78, 5) is 75.8. The van der Waals surface area contributed by atoms with E-state index < -0.39 is 66.3 Å². The van der Waals surface area contributed by atoms with Gasteiger partial charge in [-0.1, -0.05) is 18.2 Å². The number of carbonyl (C=O) groups is 6. The molecule has 1 aromatic carbocycles. The molecule has 12 N–H and O–H groups in total. The van der Waals surface area contributed by atoms with E-state index in [2.05, 4.69) is 20.9 Å². The number of fused-ring (bicyclic) bond motifs is 1. The van der Waals surface area contributed by atoms with Gasteiger partial charge in [-0.15, -0.1) is 0 Å². The Bertz CT molecular complexity index is 1210. The Hall–Kier alpha value is -4.50. The zero-order valence-corrected chi connectivity index (χ0v) is 21.0. The van der Waals surface area contributed by atoms with E-state index in [1.165, 1.54) is 0 Å². The molecule has 15 heteroatoms. The first kappa shape index (κ1) is 30.7. The molecular formula is C24H33N7O8. The largest absolute Gasteiger partial charge is 0.480 e. The smallest absolute Gasteiger partial charge is 0.326 e. The van der Waals surface area contributed by atoms with Crippen molar-refractivity contribution >= 4 is 46.4 Å². The molecule has 0 radical (unpaired) electrons. The van der Waals surface area contributed by atoms with Gasteiger partial charge in [-0.05, 0) is 24.5 Å². The summed E-state index contributed by atoms with van der Waals surface area (Å²) in [6.07, 6.45) is 0.371. The molecule has 0 bridgehead atoms. The zero-order valence-electron chi connectivity index (χ0n) is 21.0. The van der Waals surface area contributed by atoms with E-state index in [9.17, 15) is 33.9 Å². The molecule has 15 nitrogen and oxygen atoms in total. The average Bonchev–Trinajstić information content (AvgIpc) is 3.30. The molecule has 0 aliphatic heterocycles. The van der Waals surface area contributed by atoms with Gasteiger partial charge in [-0.25, -0.2) is 4.79 Å². The van der Waals surface area contributed by atoms with Crippen LogP contribution in [0.3, 0.4) is 0 Å². The number of H-pyrrole nitrogens is 1. The van der Waals surface area contributed by atoms with Gasteiger partial charge in [-0.3, -0.25) is 24.0 Å². The number of hydrogen-bond donors (Lipinski definition) is 9. The molecule has 39 heavy (non-hydrogen) atoms. The molecule has 5 amide bonds. The predicted octanol–water partition coefficient (Wildman–Crippen LogP) is -2.90. The van der Waals surface area contributed by atoms with Crippen LogP contribution in [0.1, 0.15) is 31.2 Å². The molecule has 1 heterocycles. The molecule has 0 fully saturated rings. The number of aliphatic hydroxyl groups is 1. The number of para-hydroxylation sites is 1. The van der Waals surface area contributed by atoms with Crippen molar-refractivity contribution in [2.45, 2.75) is 56.3 Å². The molecule has 0 aliphatic rings. The van der Waals surface area contributed by atoms with Crippen LogP contribution in [0.5, 0.6) is 0 Å². The minimum absolute atomic E-state index is 0.0854. The van der Waals surface area contributed by atoms with Crippen molar-refractivity contribution in [1.29, 1.82) is 0 Å². The number of carboxylic acid groups (broad SMARTS) is 1. The first-order valence-electron chi connectivity index (χ1n) is 12.0. The van der Waals surface area contributed by atoms with Gasteiger partial charge in [0.25, 0.3) is 0 Å². The number of rotatable bonds is 16. The van der Waals surface area contributed by atoms with Gasteiger partial charge in [0.15, 0.2) is 0 Å². The molecule has 1 aromatic heterocycles. The van der Waals surface area contributed by atoms with Gasteiger partial charge in [0.2, 0.25) is 29.5 Å². The van der Waals surface area contributed by atoms with E-state index in [0.717, 1.165) is 10.9 Å². The van der Waals surface area contributed by atoms with E-state index in [-0.39, 0.29) is 32.1 Å². The van der Waals surface area contributed by atoms with Gasteiger partial charge < -0.3 is 48.3 Å². The standard InChI is InChI=1S/C24H33N7O8/c25-14(11-32)21(35)29-16(5-7-19(26)33)22(36)30-17(6-8-20(27)34)23(37)31-18(24(38)39)9-12-10-28-15-4-2-1-3-13(12)15/h1-4,10,14,16-18,28,32H,5-9,11,25H2,(H2,26,33)(H2,27,34)(H,29,35)(H,30,36)(H,31,37)(H,38,39). The lowest BCUT2D eigenvalue weighted by molar-refractivity contribution is -0.142. The Labute approximate surface area is 222 Å². The van der Waals surface area contributed by atoms with Crippen molar-refractivity contribution < 1.29 is 39.0 Å². The predicted molar refractivity (Wildman–Crippen MR) is 137 cm³/mol. The minimum Gasteiger partial charge on any atom is -0.480 e. The summed E-state index contributed by atoms with van der Waals surface area (Å²) < 4.78 is 0. The summed E-state index contributed by atoms with van der Waals surface area (Å²) in [5.74, 6) is -5.61. The summed E-state index contributed by atoms with van der Waals surface area (Å²) in [5, 5.41) is 26.6. The summed E-state index contributed by atoms with van der Waals surface area (Å²) in [6, 6.07) is 1.64. The summed E-state index contributed by atoms with van der Waals surface area (Å²) in [6.45, 7) is -0.716. The maximum atomic E-state index is 13.1. The fourth-order valence-corrected chi connectivity index (χ4v) is 3.74. The third-order valence-electron chi connectivity index (χ3n) is 5.87. The number of amides is 5. The number of carbonyl (C=O) groups excluding carboxylic acids is 5. The Morgan fingerprint density at radius 1 is 0.821 bits per heavy atom. The lowest BCUT2D eigenvalue weighted by Crippen LogP contribution is -2.57. The Morgan fingerprint density at radius 3 is 1.85 bits per heavy atom. The zero-order chi connectivity index (χ0) is 29.1. The van der Waals surface area contributed by atoms with Crippen LogP contribution in [0.2, 0.25) is 0 Å². The second-order valence-corrected chi connectivity index (χ2v) is 8.88. The van der Waals surface area contributed by atoms with Crippen LogP contribution in [0.25, 0.3) is 10.9 Å². The summed E-state index contributed by atoms with van der Waals surface area (Å²) >= 11 is 0. The topological polar surface area (TPSA) is 273 Å². The number of nitrogens with two attached hydrogens (primary N) is 3. The third kappa shape index (κ3) is 9.39. The number of carboxylic acids is 1. The highest BCUT2D eigenvalue weighted by atomic mass is 16.4. The van der Waals surface area contributed by atoms with Crippen molar-refractivity contribution in [3.05, 3.63) is 36.0 Å². The minimum atomic E-state index is -1.42. The molecule has 212 valence electrons. The van der Waals surface area contributed by atoms with Crippen molar-refractivity contribution in [2.24, 2.45) is 17.2 Å². The second-order valence-electron chi connectivity index (χ2n) is 8.88. The average molecular weight is 548 g/mol. The number of hydrogen-bond acceptors (Lipinski definition) is 8. The van der Waals surface area contributed by atoms with E-state index >= 15 is 0 Å². The quantitative estimate of drug-likeness (QED) is 0.104. The molecule has 4 unspecified atom stereocenters. The Kier molecular flexibility index (Phi) is 11.4. The van der Waals surface area contributed by atoms with E-state index in [0.29, 0.717) is 5.56 Å². The van der Waals surface area contributed by atoms with Crippen LogP contribution in [-0.4, -0.2) is 81.5 Å². The summed E-state index contributed by atoms with van der Waals surface area (Å²) in [7, 11) is 0. The van der Waals surface area contributed by atoms with Crippen LogP contribution >= 0.6 is 0 Å². The number of benzene rings is 1. The Balaban J connectivity index is 2.21. The molecule has 2 rings (SSSR count). The SMILES string of the molecule is NC(=O)CCC(NC(=O)C(N)CO)C(=O)NC(CCC(N)=O)C(=O)NC(Cc1c[nH]c2ccccc12)C(=O)O. The molecule has 0 saturated heterocycles. The van der Waals surface area contributed by atoms with Crippen LogP contribution in [0, 0.1) is 0 Å². The van der Waals surface area contributed by atoms with E-state index in [4.69, 9.17) is 22.3 Å². The highest BCUT2D eigenvalue weighted by Crippen LogP contribution is 2.19. The number of aromatic amines is 1. The van der Waals surface area contributed by atoms with Crippen molar-refractivity contribution in [3.63, 3.8) is 0 Å². The fourth-order valence-electron chi connectivity index (χ4n) is 3.74. The van der Waals surface area contributed by atoms with Gasteiger partial charge in [0.1, 0.15) is 24.2 Å². The van der Waals surface area contributed by atoms with Crippen molar-refractivity contribution in [1.82, 2.24) is 20.9 Å². The highest BCUT2D eigenvalue weighted by Gasteiger charge is 2.31. The molecule has 2 aromatic rings. The number of aliphatic carboxylic acids is 1. The van der Waals surface area contributed by atoms with Crippen molar-refractivity contribution in [2.75, 3.05) is 6.61 Å². The van der Waals surface area contributed by atoms with E-state index in [1.54, 1.807) is 18.3 Å². The van der Waals surface area contributed by atoms with Crippen molar-refractivity contribution in [3.8, 4) is 0 Å². The van der Waals surface area contributed by atoms with Crippen LogP contribution in [0.15, 0.2) is 30.5 Å². The monoisotopic (exact) mass is 547 g/mol. The van der Waals surface area contributed by atoms with Gasteiger partial charge in [-0.2, -0.15) is 0 Å². The molecular weight excluding hydrogens is 514 g/mol. The van der Waals surface area contributed by atoms with Gasteiger partial charge >= 0.3 is 5.97 Å². The maximum absolute atomic E-state index is 13.1. The van der Waals surface area contributed by atoms with Crippen LogP contribution in [-0.2, 0) is 35.2 Å². The molecule has 0 aliphatic carbocycles. The molecule has 0 saturated carbocycles. The third-order valence-corrected chi connectivity index (χ3v) is 5.87. The lowest BCUT2D eigenvalue weighted by Gasteiger charge is -2.25. The number of aromatic nitrogens is 1. The van der Waals surface area contributed by atoms with Crippen LogP contribution < -0.4 is 33.2 Å². The number of nitrogens with one attached hydrogen (secondary N) is 4. The van der Waals surface area contributed by atoms with Crippen LogP contribution in [0.4, 0.5) is 0 Å². The van der Waals surface area contributed by atoms with E-state index in [1.807, 2.05) is 12.1 Å².